The lowest BCUT2D eigenvalue weighted by molar-refractivity contribution is -0.387. The molecule has 1 aromatic carbocycles. The molecule has 1 atom stereocenters. The van der Waals surface area contributed by atoms with Crippen LogP contribution in [0.5, 0.6) is 0 Å². The predicted octanol–water partition coefficient (Wildman–Crippen LogP) is 1.73. The number of benzene rings is 1. The largest absolute Gasteiger partial charge is 0.377 e. The number of carbonyl (C=O) groups excluding carboxylic acids is 1. The number of nitrogens with zero attached hydrogens (tertiary/aromatic N) is 2. The molecule has 0 saturated carbocycles. The summed E-state index contributed by atoms with van der Waals surface area (Å²) in [6, 6.07) is 0.819. The van der Waals surface area contributed by atoms with Crippen molar-refractivity contribution in [3.05, 3.63) is 39.4 Å². The van der Waals surface area contributed by atoms with E-state index < -0.39 is 33.7 Å². The van der Waals surface area contributed by atoms with Crippen molar-refractivity contribution in [2.45, 2.75) is 13.0 Å². The average Bonchev–Trinajstić information content (AvgIpc) is 2.40. The molecule has 2 rings (SSSR count). The fraction of sp³-hybridized carbons (Fsp3) is 0.417. The van der Waals surface area contributed by atoms with Gasteiger partial charge in [-0.15, -0.1) is 0 Å². The summed E-state index contributed by atoms with van der Waals surface area (Å²) in [6.45, 7) is 2.49. The fourth-order valence-corrected chi connectivity index (χ4v) is 2.05. The first kappa shape index (κ1) is 14.3. The zero-order chi connectivity index (χ0) is 14.9. The highest BCUT2D eigenvalue weighted by molar-refractivity contribution is 5.95. The molecule has 1 fully saturated rings. The van der Waals surface area contributed by atoms with Gasteiger partial charge in [0.2, 0.25) is 5.82 Å². The van der Waals surface area contributed by atoms with E-state index in [1.54, 1.807) is 6.92 Å². The quantitative estimate of drug-likeness (QED) is 0.613. The van der Waals surface area contributed by atoms with E-state index in [0.717, 1.165) is 0 Å². The SMILES string of the molecule is C[C@@H]1COCCN1C(=O)c1cc(F)cc([N+](=O)[O-])c1F. The van der Waals surface area contributed by atoms with Crippen LogP contribution in [0.15, 0.2) is 12.1 Å². The molecule has 1 aliphatic rings. The van der Waals surface area contributed by atoms with Crippen LogP contribution in [0, 0.1) is 21.7 Å². The van der Waals surface area contributed by atoms with Crippen LogP contribution in [0.3, 0.4) is 0 Å². The summed E-state index contributed by atoms with van der Waals surface area (Å²) in [4.78, 5) is 23.1. The van der Waals surface area contributed by atoms with Gasteiger partial charge in [-0.3, -0.25) is 14.9 Å². The molecule has 6 nitrogen and oxygen atoms in total. The van der Waals surface area contributed by atoms with E-state index in [4.69, 9.17) is 4.74 Å². The second-order valence-corrected chi connectivity index (χ2v) is 4.47. The molecule has 20 heavy (non-hydrogen) atoms. The highest BCUT2D eigenvalue weighted by Crippen LogP contribution is 2.24. The zero-order valence-corrected chi connectivity index (χ0v) is 10.6. The molecule has 8 heteroatoms. The molecule has 1 heterocycles. The van der Waals surface area contributed by atoms with Crippen molar-refractivity contribution in [1.29, 1.82) is 0 Å². The molecule has 1 aromatic rings. The van der Waals surface area contributed by atoms with Crippen molar-refractivity contribution in [3.8, 4) is 0 Å². The minimum absolute atomic E-state index is 0.226. The molecule has 0 spiro atoms. The van der Waals surface area contributed by atoms with Gasteiger partial charge in [0.15, 0.2) is 0 Å². The van der Waals surface area contributed by atoms with Crippen molar-refractivity contribution in [2.75, 3.05) is 19.8 Å². The highest BCUT2D eigenvalue weighted by atomic mass is 19.1. The van der Waals surface area contributed by atoms with Crippen LogP contribution in [-0.2, 0) is 4.74 Å². The second-order valence-electron chi connectivity index (χ2n) is 4.47. The third-order valence-electron chi connectivity index (χ3n) is 3.07. The minimum Gasteiger partial charge on any atom is -0.377 e. The first-order valence-electron chi connectivity index (χ1n) is 5.94. The summed E-state index contributed by atoms with van der Waals surface area (Å²) < 4.78 is 32.4. The number of nitro benzene ring substituents is 1. The number of carbonyl (C=O) groups is 1. The van der Waals surface area contributed by atoms with Crippen molar-refractivity contribution in [2.24, 2.45) is 0 Å². The van der Waals surface area contributed by atoms with Crippen LogP contribution in [0.4, 0.5) is 14.5 Å². The van der Waals surface area contributed by atoms with E-state index in [9.17, 15) is 23.7 Å². The third kappa shape index (κ3) is 2.60. The van der Waals surface area contributed by atoms with Gasteiger partial charge in [0.1, 0.15) is 5.82 Å². The number of halogens is 2. The van der Waals surface area contributed by atoms with Crippen LogP contribution >= 0.6 is 0 Å². The van der Waals surface area contributed by atoms with E-state index in [-0.39, 0.29) is 25.8 Å². The molecule has 1 amide bonds. The summed E-state index contributed by atoms with van der Waals surface area (Å²) in [6.07, 6.45) is 0. The Hall–Kier alpha value is -2.09. The van der Waals surface area contributed by atoms with Crippen molar-refractivity contribution >= 4 is 11.6 Å². The summed E-state index contributed by atoms with van der Waals surface area (Å²) >= 11 is 0. The van der Waals surface area contributed by atoms with Crippen LogP contribution in [-0.4, -0.2) is 41.5 Å². The summed E-state index contributed by atoms with van der Waals surface area (Å²) in [5, 5.41) is 10.6. The van der Waals surface area contributed by atoms with Gasteiger partial charge < -0.3 is 9.64 Å². The van der Waals surface area contributed by atoms with Gasteiger partial charge in [-0.2, -0.15) is 4.39 Å². The monoisotopic (exact) mass is 286 g/mol. The smallest absolute Gasteiger partial charge is 0.308 e. The lowest BCUT2D eigenvalue weighted by Gasteiger charge is -2.33. The number of nitro groups is 1. The molecule has 1 saturated heterocycles. The summed E-state index contributed by atoms with van der Waals surface area (Å²) in [5.41, 5.74) is -1.68. The Morgan fingerprint density at radius 1 is 1.50 bits per heavy atom. The Kier molecular flexibility index (Phi) is 3.93. The Labute approximate surface area is 113 Å². The maximum Gasteiger partial charge on any atom is 0.308 e. The maximum absolute atomic E-state index is 13.9. The van der Waals surface area contributed by atoms with Crippen molar-refractivity contribution in [3.63, 3.8) is 0 Å². The average molecular weight is 286 g/mol. The van der Waals surface area contributed by atoms with E-state index in [1.807, 2.05) is 0 Å². The van der Waals surface area contributed by atoms with E-state index >= 15 is 0 Å². The van der Waals surface area contributed by atoms with Gasteiger partial charge in [0.25, 0.3) is 5.91 Å². The third-order valence-corrected chi connectivity index (χ3v) is 3.07. The molecule has 108 valence electrons. The van der Waals surface area contributed by atoms with E-state index in [0.29, 0.717) is 12.1 Å². The van der Waals surface area contributed by atoms with Gasteiger partial charge in [-0.05, 0) is 13.0 Å². The number of amides is 1. The standard InChI is InChI=1S/C12H12F2N2O4/c1-7-6-20-3-2-15(7)12(17)9-4-8(13)5-10(11(9)14)16(18)19/h4-5,7H,2-3,6H2,1H3/t7-/m1/s1. The molecule has 0 aliphatic carbocycles. The summed E-state index contributed by atoms with van der Waals surface area (Å²) in [5.74, 6) is -3.12. The first-order chi connectivity index (χ1) is 9.41. The Balaban J connectivity index is 2.41. The van der Waals surface area contributed by atoms with Crippen LogP contribution in [0.1, 0.15) is 17.3 Å². The number of hydrogen-bond donors (Lipinski definition) is 0. The normalized spacial score (nSPS) is 18.9. The molecule has 0 bridgehead atoms. The Morgan fingerprint density at radius 2 is 2.20 bits per heavy atom. The molecular formula is C12H12F2N2O4. The Morgan fingerprint density at radius 3 is 2.80 bits per heavy atom. The number of rotatable bonds is 2. The van der Waals surface area contributed by atoms with Gasteiger partial charge in [0.05, 0.1) is 35.8 Å². The predicted molar refractivity (Wildman–Crippen MR) is 64.3 cm³/mol. The molecule has 0 unspecified atom stereocenters. The van der Waals surface area contributed by atoms with E-state index in [2.05, 4.69) is 0 Å². The highest BCUT2D eigenvalue weighted by Gasteiger charge is 2.30. The van der Waals surface area contributed by atoms with Gasteiger partial charge >= 0.3 is 5.69 Å². The van der Waals surface area contributed by atoms with E-state index in [1.165, 1.54) is 4.90 Å². The Bertz CT molecular complexity index is 565. The van der Waals surface area contributed by atoms with Gasteiger partial charge in [0, 0.05) is 6.54 Å². The van der Waals surface area contributed by atoms with Crippen molar-refractivity contribution in [1.82, 2.24) is 4.90 Å². The molecule has 0 N–H and O–H groups in total. The number of morpholine rings is 1. The minimum atomic E-state index is -1.32. The summed E-state index contributed by atoms with van der Waals surface area (Å²) in [7, 11) is 0. The molecule has 1 aliphatic heterocycles. The molecule has 0 aromatic heterocycles. The number of ether oxygens (including phenoxy) is 1. The van der Waals surface area contributed by atoms with Crippen LogP contribution in [0.25, 0.3) is 0 Å². The van der Waals surface area contributed by atoms with Crippen molar-refractivity contribution < 1.29 is 23.2 Å². The lowest BCUT2D eigenvalue weighted by atomic mass is 10.1. The van der Waals surface area contributed by atoms with Gasteiger partial charge in [-0.1, -0.05) is 0 Å². The lowest BCUT2D eigenvalue weighted by Crippen LogP contribution is -2.47. The molecule has 0 radical (unpaired) electrons. The molecular weight excluding hydrogens is 274 g/mol. The maximum atomic E-state index is 13.9. The van der Waals surface area contributed by atoms with Crippen LogP contribution in [0.2, 0.25) is 0 Å². The zero-order valence-electron chi connectivity index (χ0n) is 10.6. The first-order valence-corrected chi connectivity index (χ1v) is 5.94. The number of hydrogen-bond acceptors (Lipinski definition) is 4. The second kappa shape index (κ2) is 5.49. The topological polar surface area (TPSA) is 72.7 Å². The fourth-order valence-electron chi connectivity index (χ4n) is 2.05. The van der Waals surface area contributed by atoms with Gasteiger partial charge in [-0.25, -0.2) is 4.39 Å². The van der Waals surface area contributed by atoms with Crippen LogP contribution < -0.4 is 0 Å².